The molecule has 3 aromatic heterocycles. The Morgan fingerprint density at radius 3 is 1.17 bits per heavy atom. The van der Waals surface area contributed by atoms with Crippen molar-refractivity contribution in [2.45, 2.75) is 64.4 Å². The predicted octanol–water partition coefficient (Wildman–Crippen LogP) is 3.20. The fraction of sp³-hybridized carbons (Fsp3) is 0.526. The average Bonchev–Trinajstić information content (AvgIpc) is 3.35. The summed E-state index contributed by atoms with van der Waals surface area (Å²) in [6, 6.07) is 5.18. The summed E-state index contributed by atoms with van der Waals surface area (Å²) in [5.41, 5.74) is 2.06. The molecule has 3 heterocycles. The van der Waals surface area contributed by atoms with Gasteiger partial charge in [-0.15, -0.1) is 0 Å². The molecule has 0 aromatic carbocycles. The molecular weight excluding hydrogens is 392 g/mol. The lowest BCUT2D eigenvalue weighted by Gasteiger charge is -2.31. The molecule has 0 aliphatic rings. The number of nitrogens with zero attached hydrogens (tertiary/aromatic N) is 6. The topological polar surface area (TPSA) is 108 Å². The zero-order valence-electron chi connectivity index (χ0n) is 17.6. The van der Waals surface area contributed by atoms with E-state index in [1.165, 1.54) is 32.6 Å². The minimum absolute atomic E-state index is 0.0723. The molecule has 1 N–H and O–H groups in total. The average molecular weight is 421 g/mol. The van der Waals surface area contributed by atoms with Crippen molar-refractivity contribution in [3.05, 3.63) is 53.9 Å². The maximum Gasteiger partial charge on any atom is 0.380 e. The highest BCUT2D eigenvalue weighted by Crippen LogP contribution is 2.30. The Hall–Kier alpha value is -2.46. The van der Waals surface area contributed by atoms with Crippen molar-refractivity contribution in [3.8, 4) is 0 Å². The summed E-state index contributed by atoms with van der Waals surface area (Å²) in [4.78, 5) is 0. The van der Waals surface area contributed by atoms with E-state index in [4.69, 9.17) is 0 Å². The highest BCUT2D eigenvalue weighted by atomic mass is 32.2. The van der Waals surface area contributed by atoms with Gasteiger partial charge in [0.05, 0.1) is 17.1 Å². The van der Waals surface area contributed by atoms with Crippen LogP contribution in [0.2, 0.25) is 0 Å². The van der Waals surface area contributed by atoms with Crippen LogP contribution in [0.15, 0.2) is 36.8 Å². The van der Waals surface area contributed by atoms with Crippen molar-refractivity contribution in [1.29, 1.82) is 0 Å². The third kappa shape index (κ3) is 3.51. The maximum atomic E-state index is 13.0. The Morgan fingerprint density at radius 1 is 0.724 bits per heavy atom. The third-order valence-corrected chi connectivity index (χ3v) is 6.10. The second-order valence-corrected chi connectivity index (χ2v) is 9.57. The molecule has 158 valence electrons. The van der Waals surface area contributed by atoms with E-state index >= 15 is 0 Å². The second-order valence-electron chi connectivity index (χ2n) is 8.07. The summed E-state index contributed by atoms with van der Waals surface area (Å²) < 4.78 is 40.1. The largest absolute Gasteiger partial charge is 0.380 e. The van der Waals surface area contributed by atoms with E-state index in [1.807, 2.05) is 41.5 Å². The maximum absolute atomic E-state index is 13.0. The number of hydrogen-bond donors (Lipinski definition) is 1. The van der Waals surface area contributed by atoms with Crippen molar-refractivity contribution in [2.75, 3.05) is 0 Å². The summed E-state index contributed by atoms with van der Waals surface area (Å²) in [6.45, 7) is 11.7. The predicted molar refractivity (Wildman–Crippen MR) is 109 cm³/mol. The van der Waals surface area contributed by atoms with E-state index < -0.39 is 15.2 Å². The van der Waals surface area contributed by atoms with Crippen molar-refractivity contribution >= 4 is 10.1 Å². The lowest BCUT2D eigenvalue weighted by Crippen LogP contribution is -2.55. The molecule has 0 radical (unpaired) electrons. The van der Waals surface area contributed by atoms with Gasteiger partial charge < -0.3 is 0 Å². The first-order valence-corrected chi connectivity index (χ1v) is 11.1. The third-order valence-electron chi connectivity index (χ3n) is 4.85. The molecule has 3 aromatic rings. The number of aromatic nitrogens is 6. The molecule has 0 fully saturated rings. The van der Waals surface area contributed by atoms with E-state index in [1.54, 1.807) is 18.2 Å². The van der Waals surface area contributed by atoms with Gasteiger partial charge in [0.1, 0.15) is 0 Å². The first-order valence-electron chi connectivity index (χ1n) is 9.63. The Morgan fingerprint density at radius 2 is 1.00 bits per heavy atom. The van der Waals surface area contributed by atoms with Crippen molar-refractivity contribution < 1.29 is 13.0 Å². The Kier molecular flexibility index (Phi) is 5.44. The molecule has 0 atom stereocenters. The van der Waals surface area contributed by atoms with E-state index in [9.17, 15) is 13.0 Å². The van der Waals surface area contributed by atoms with E-state index in [-0.39, 0.29) is 17.8 Å². The molecule has 0 unspecified atom stereocenters. The van der Waals surface area contributed by atoms with Gasteiger partial charge >= 0.3 is 15.2 Å². The van der Waals surface area contributed by atoms with Crippen molar-refractivity contribution in [3.63, 3.8) is 0 Å². The minimum atomic E-state index is -4.82. The van der Waals surface area contributed by atoms with Gasteiger partial charge in [0, 0.05) is 18.6 Å². The number of hydrogen-bond acceptors (Lipinski definition) is 5. The van der Waals surface area contributed by atoms with Gasteiger partial charge in [0.15, 0.2) is 0 Å². The monoisotopic (exact) mass is 420 g/mol. The van der Waals surface area contributed by atoms with Crippen LogP contribution in [0.4, 0.5) is 0 Å². The smallest absolute Gasteiger partial charge is 0.281 e. The lowest BCUT2D eigenvalue weighted by atomic mass is 10.1. The van der Waals surface area contributed by atoms with Crippen LogP contribution in [0.5, 0.6) is 0 Å². The molecule has 0 aliphatic carbocycles. The molecule has 9 nitrogen and oxygen atoms in total. The molecule has 0 spiro atoms. The fourth-order valence-corrected chi connectivity index (χ4v) is 4.11. The van der Waals surface area contributed by atoms with Crippen LogP contribution in [0.3, 0.4) is 0 Å². The first kappa shape index (κ1) is 21.3. The molecule has 0 saturated heterocycles. The standard InChI is InChI=1S/C19H28N6O3S/c1-13(2)16-7-10-23(20-16)19(29(26,27)28,24-11-8-17(21-24)14(3)4)25-12-9-18(22-25)15(5)6/h7-15H,1-6H3,(H,26,27,28). The van der Waals surface area contributed by atoms with Crippen molar-refractivity contribution in [1.82, 2.24) is 29.3 Å². The molecule has 0 amide bonds. The summed E-state index contributed by atoms with van der Waals surface area (Å²) in [5.74, 6) is 0.217. The van der Waals surface area contributed by atoms with Crippen LogP contribution in [0, 0.1) is 0 Å². The van der Waals surface area contributed by atoms with Crippen molar-refractivity contribution in [2.24, 2.45) is 0 Å². The summed E-state index contributed by atoms with van der Waals surface area (Å²) in [7, 11) is -4.82. The summed E-state index contributed by atoms with van der Waals surface area (Å²) in [5, 5.41) is 11.2. The Labute approximate surface area is 171 Å². The van der Waals surface area contributed by atoms with Gasteiger partial charge in [0.25, 0.3) is 0 Å². The van der Waals surface area contributed by atoms with Crippen LogP contribution in [0.25, 0.3) is 0 Å². The molecule has 29 heavy (non-hydrogen) atoms. The van der Waals surface area contributed by atoms with Gasteiger partial charge in [-0.05, 0) is 36.0 Å². The highest BCUT2D eigenvalue weighted by molar-refractivity contribution is 7.86. The summed E-state index contributed by atoms with van der Waals surface area (Å²) in [6.07, 6.45) is 4.57. The van der Waals surface area contributed by atoms with Crippen LogP contribution in [-0.4, -0.2) is 42.3 Å². The zero-order chi connectivity index (χ0) is 21.6. The van der Waals surface area contributed by atoms with Gasteiger partial charge in [-0.3, -0.25) is 4.55 Å². The second kappa shape index (κ2) is 7.42. The van der Waals surface area contributed by atoms with Gasteiger partial charge in [-0.25, -0.2) is 14.0 Å². The molecule has 0 aliphatic heterocycles. The van der Waals surface area contributed by atoms with Crippen LogP contribution < -0.4 is 0 Å². The zero-order valence-corrected chi connectivity index (χ0v) is 18.4. The molecular formula is C19H28N6O3S. The highest BCUT2D eigenvalue weighted by Gasteiger charge is 2.52. The van der Waals surface area contributed by atoms with Gasteiger partial charge in [-0.2, -0.15) is 23.7 Å². The van der Waals surface area contributed by atoms with Gasteiger partial charge in [0.2, 0.25) is 0 Å². The van der Waals surface area contributed by atoms with E-state index in [2.05, 4.69) is 15.3 Å². The Balaban J connectivity index is 2.38. The number of rotatable bonds is 7. The SMILES string of the molecule is CC(C)c1ccn(C(n2ccc(C(C)C)n2)(n2ccc(C(C)C)n2)S(=O)(=O)O)n1. The van der Waals surface area contributed by atoms with Gasteiger partial charge in [-0.1, -0.05) is 41.5 Å². The van der Waals surface area contributed by atoms with Crippen LogP contribution in [0.1, 0.15) is 76.4 Å². The molecule has 0 bridgehead atoms. The van der Waals surface area contributed by atoms with Crippen LogP contribution >= 0.6 is 0 Å². The lowest BCUT2D eigenvalue weighted by molar-refractivity contribution is 0.196. The molecule has 10 heteroatoms. The minimum Gasteiger partial charge on any atom is -0.281 e. The first-order chi connectivity index (χ1) is 13.5. The van der Waals surface area contributed by atoms with E-state index in [0.29, 0.717) is 17.1 Å². The molecule has 3 rings (SSSR count). The fourth-order valence-electron chi connectivity index (χ4n) is 3.09. The summed E-state index contributed by atoms with van der Waals surface area (Å²) >= 11 is 0. The van der Waals surface area contributed by atoms with E-state index in [0.717, 1.165) is 0 Å². The quantitative estimate of drug-likeness (QED) is 0.588. The van der Waals surface area contributed by atoms with Crippen LogP contribution in [-0.2, 0) is 15.2 Å². The normalized spacial score (nSPS) is 13.2. The molecule has 0 saturated carbocycles. The Bertz CT molecular complexity index is 978.